The summed E-state index contributed by atoms with van der Waals surface area (Å²) in [6, 6.07) is 0. The van der Waals surface area contributed by atoms with Crippen LogP contribution in [0.2, 0.25) is 0 Å². The Bertz CT molecular complexity index is 233. The Kier molecular flexibility index (Phi) is 2.91. The molecule has 4 N–H and O–H groups in total. The first-order valence-electron chi connectivity index (χ1n) is 4.17. The van der Waals surface area contributed by atoms with E-state index in [0.717, 1.165) is 37.0 Å². The Morgan fingerprint density at radius 1 is 1.42 bits per heavy atom. The molecule has 0 saturated heterocycles. The Hall–Kier alpha value is -1.25. The predicted molar refractivity (Wildman–Crippen MR) is 51.5 cm³/mol. The minimum Gasteiger partial charge on any atom is -0.402 e. The van der Waals surface area contributed by atoms with Crippen LogP contribution in [0.15, 0.2) is 29.0 Å². The van der Waals surface area contributed by atoms with Gasteiger partial charge in [0.25, 0.3) is 0 Å². The summed E-state index contributed by atoms with van der Waals surface area (Å²) in [7, 11) is 0. The van der Waals surface area contributed by atoms with Crippen LogP contribution < -0.4 is 11.5 Å². The fraction of sp³-hybridized carbons (Fsp3) is 0.444. The normalized spacial score (nSPS) is 19.5. The average Bonchev–Trinajstić information content (AvgIpc) is 2.05. The second-order valence-corrected chi connectivity index (χ2v) is 2.91. The van der Waals surface area contributed by atoms with E-state index < -0.39 is 0 Å². The van der Waals surface area contributed by atoms with Crippen LogP contribution in [0, 0.1) is 0 Å². The molecule has 3 nitrogen and oxygen atoms in total. The molecule has 3 heteroatoms. The molecule has 0 atom stereocenters. The second-order valence-electron chi connectivity index (χ2n) is 2.91. The van der Waals surface area contributed by atoms with Crippen LogP contribution in [-0.2, 0) is 0 Å². The van der Waals surface area contributed by atoms with Crippen LogP contribution >= 0.6 is 0 Å². The number of amidine groups is 1. The molecule has 0 aromatic carbocycles. The molecule has 0 unspecified atom stereocenters. The molecule has 0 bridgehead atoms. The van der Waals surface area contributed by atoms with Crippen molar-refractivity contribution in [2.24, 2.45) is 16.5 Å². The summed E-state index contributed by atoms with van der Waals surface area (Å²) in [6.07, 6.45) is 5.67. The highest BCUT2D eigenvalue weighted by molar-refractivity contribution is 5.98. The van der Waals surface area contributed by atoms with Crippen molar-refractivity contribution in [3.8, 4) is 0 Å². The molecule has 0 amide bonds. The lowest BCUT2D eigenvalue weighted by Crippen LogP contribution is -2.21. The van der Waals surface area contributed by atoms with Gasteiger partial charge in [-0.3, -0.25) is 0 Å². The van der Waals surface area contributed by atoms with E-state index in [-0.39, 0.29) is 0 Å². The molecule has 0 aromatic rings. The number of aliphatic imine (C=N–C) groups is 1. The Morgan fingerprint density at radius 3 is 2.67 bits per heavy atom. The van der Waals surface area contributed by atoms with Gasteiger partial charge in [-0.25, -0.2) is 4.99 Å². The molecule has 0 aliphatic heterocycles. The van der Waals surface area contributed by atoms with E-state index in [4.69, 9.17) is 11.5 Å². The Labute approximate surface area is 72.8 Å². The van der Waals surface area contributed by atoms with Gasteiger partial charge in [0, 0.05) is 17.5 Å². The van der Waals surface area contributed by atoms with Crippen molar-refractivity contribution in [2.45, 2.75) is 25.7 Å². The summed E-state index contributed by atoms with van der Waals surface area (Å²) in [5, 5.41) is 0. The van der Waals surface area contributed by atoms with Crippen molar-refractivity contribution in [3.63, 3.8) is 0 Å². The molecule has 1 aliphatic rings. The summed E-state index contributed by atoms with van der Waals surface area (Å²) in [5.74, 6) is 0.530. The molecule has 0 radical (unpaired) electrons. The van der Waals surface area contributed by atoms with Crippen LogP contribution in [-0.4, -0.2) is 5.84 Å². The van der Waals surface area contributed by atoms with Gasteiger partial charge in [0.15, 0.2) is 0 Å². The van der Waals surface area contributed by atoms with Gasteiger partial charge in [-0.1, -0.05) is 6.58 Å². The highest BCUT2D eigenvalue weighted by Crippen LogP contribution is 2.21. The van der Waals surface area contributed by atoms with E-state index in [1.165, 1.54) is 6.20 Å². The second kappa shape index (κ2) is 3.95. The van der Waals surface area contributed by atoms with Crippen molar-refractivity contribution in [1.29, 1.82) is 0 Å². The molecule has 0 spiro atoms. The zero-order valence-corrected chi connectivity index (χ0v) is 7.21. The highest BCUT2D eigenvalue weighted by atomic mass is 14.8. The molecular formula is C9H15N3. The fourth-order valence-corrected chi connectivity index (χ4v) is 1.40. The lowest BCUT2D eigenvalue weighted by molar-refractivity contribution is 0.681. The fourth-order valence-electron chi connectivity index (χ4n) is 1.40. The minimum absolute atomic E-state index is 0.530. The van der Waals surface area contributed by atoms with E-state index in [0.29, 0.717) is 5.84 Å². The largest absolute Gasteiger partial charge is 0.402 e. The van der Waals surface area contributed by atoms with Gasteiger partial charge in [-0.05, 0) is 25.7 Å². The number of rotatable bonds is 2. The maximum atomic E-state index is 5.79. The zero-order valence-electron chi connectivity index (χ0n) is 7.21. The van der Waals surface area contributed by atoms with Crippen molar-refractivity contribution in [2.75, 3.05) is 0 Å². The predicted octanol–water partition coefficient (Wildman–Crippen LogP) is 1.27. The maximum absolute atomic E-state index is 5.79. The third-order valence-electron chi connectivity index (χ3n) is 2.05. The van der Waals surface area contributed by atoms with Gasteiger partial charge in [0.05, 0.1) is 0 Å². The molecule has 66 valence electrons. The van der Waals surface area contributed by atoms with Crippen LogP contribution in [0.5, 0.6) is 0 Å². The third kappa shape index (κ3) is 1.87. The number of hydrogen-bond acceptors (Lipinski definition) is 2. The number of nitrogens with two attached hydrogens (primary N) is 2. The van der Waals surface area contributed by atoms with Crippen molar-refractivity contribution < 1.29 is 0 Å². The average molecular weight is 165 g/mol. The van der Waals surface area contributed by atoms with Crippen LogP contribution in [0.1, 0.15) is 25.7 Å². The first kappa shape index (κ1) is 8.84. The van der Waals surface area contributed by atoms with Crippen LogP contribution in [0.3, 0.4) is 0 Å². The van der Waals surface area contributed by atoms with Gasteiger partial charge >= 0.3 is 0 Å². The van der Waals surface area contributed by atoms with Crippen molar-refractivity contribution >= 4 is 5.84 Å². The van der Waals surface area contributed by atoms with Crippen molar-refractivity contribution in [1.82, 2.24) is 0 Å². The summed E-state index contributed by atoms with van der Waals surface area (Å²) >= 11 is 0. The number of nitrogens with zero attached hydrogens (tertiary/aromatic N) is 1. The van der Waals surface area contributed by atoms with Gasteiger partial charge in [-0.2, -0.15) is 0 Å². The van der Waals surface area contributed by atoms with Gasteiger partial charge < -0.3 is 11.5 Å². The lowest BCUT2D eigenvalue weighted by atomic mass is 9.96. The molecule has 0 fully saturated rings. The number of allylic oxidation sites excluding steroid dienone is 1. The van der Waals surface area contributed by atoms with E-state index in [2.05, 4.69) is 11.6 Å². The summed E-state index contributed by atoms with van der Waals surface area (Å²) in [5.41, 5.74) is 13.4. The topological polar surface area (TPSA) is 64.4 Å². The maximum Gasteiger partial charge on any atom is 0.128 e. The molecule has 1 aliphatic carbocycles. The van der Waals surface area contributed by atoms with E-state index in [1.807, 2.05) is 0 Å². The summed E-state index contributed by atoms with van der Waals surface area (Å²) in [4.78, 5) is 3.92. The smallest absolute Gasteiger partial charge is 0.128 e. The Morgan fingerprint density at radius 2 is 2.08 bits per heavy atom. The molecule has 0 heterocycles. The molecule has 1 rings (SSSR count). The Balaban J connectivity index is 2.84. The van der Waals surface area contributed by atoms with Gasteiger partial charge in [0.1, 0.15) is 5.84 Å². The quantitative estimate of drug-likeness (QED) is 0.478. The van der Waals surface area contributed by atoms with Gasteiger partial charge in [-0.15, -0.1) is 0 Å². The van der Waals surface area contributed by atoms with Gasteiger partial charge in [0.2, 0.25) is 0 Å². The minimum atomic E-state index is 0.530. The highest BCUT2D eigenvalue weighted by Gasteiger charge is 2.12. The molecular weight excluding hydrogens is 150 g/mol. The molecule has 0 saturated carbocycles. The van der Waals surface area contributed by atoms with E-state index in [1.54, 1.807) is 0 Å². The number of hydrogen-bond donors (Lipinski definition) is 2. The van der Waals surface area contributed by atoms with E-state index >= 15 is 0 Å². The van der Waals surface area contributed by atoms with E-state index in [9.17, 15) is 0 Å². The first-order chi connectivity index (χ1) is 5.75. The molecule has 0 aromatic heterocycles. The van der Waals surface area contributed by atoms with Crippen LogP contribution in [0.25, 0.3) is 0 Å². The summed E-state index contributed by atoms with van der Waals surface area (Å²) < 4.78 is 0. The lowest BCUT2D eigenvalue weighted by Gasteiger charge is -2.16. The SMILES string of the molecule is C=CN=C(N)C1=C(N)CCCC1. The third-order valence-corrected chi connectivity index (χ3v) is 2.05. The van der Waals surface area contributed by atoms with Crippen LogP contribution in [0.4, 0.5) is 0 Å². The monoisotopic (exact) mass is 165 g/mol. The standard InChI is InChI=1S/C9H15N3/c1-2-12-9(11)7-5-3-4-6-8(7)10/h2H,1,3-6,10H2,(H2,11,12). The zero-order chi connectivity index (χ0) is 8.97. The summed E-state index contributed by atoms with van der Waals surface area (Å²) in [6.45, 7) is 3.49. The van der Waals surface area contributed by atoms with Crippen molar-refractivity contribution in [3.05, 3.63) is 24.0 Å². The molecule has 12 heavy (non-hydrogen) atoms. The first-order valence-corrected chi connectivity index (χ1v) is 4.17.